The van der Waals surface area contributed by atoms with E-state index in [9.17, 15) is 24.8 Å². The Kier molecular flexibility index (Phi) is 6.01. The van der Waals surface area contributed by atoms with Crippen LogP contribution in [-0.4, -0.2) is 64.2 Å². The van der Waals surface area contributed by atoms with Crippen molar-refractivity contribution < 1.29 is 34.3 Å². The quantitative estimate of drug-likeness (QED) is 0.560. The zero-order chi connectivity index (χ0) is 21.5. The molecule has 1 aromatic carbocycles. The Labute approximate surface area is 175 Å². The van der Waals surface area contributed by atoms with E-state index in [0.29, 0.717) is 18.6 Å². The fourth-order valence-corrected chi connectivity index (χ4v) is 4.77. The van der Waals surface area contributed by atoms with E-state index >= 15 is 0 Å². The summed E-state index contributed by atoms with van der Waals surface area (Å²) in [4.78, 5) is 0. The summed E-state index contributed by atoms with van der Waals surface area (Å²) in [6.45, 7) is 2.02. The molecule has 2 aliphatic carbocycles. The molecule has 3 aliphatic rings. The normalized spacial score (nSPS) is 35.4. The Morgan fingerprint density at radius 3 is 2.40 bits per heavy atom. The first-order valence-corrected chi connectivity index (χ1v) is 10.5. The van der Waals surface area contributed by atoms with Gasteiger partial charge in [-0.2, -0.15) is 0 Å². The summed E-state index contributed by atoms with van der Waals surface area (Å²) in [5.74, 6) is 0.113. The van der Waals surface area contributed by atoms with Gasteiger partial charge in [0, 0.05) is 11.3 Å². The molecule has 0 spiro atoms. The lowest BCUT2D eigenvalue weighted by Crippen LogP contribution is -2.60. The van der Waals surface area contributed by atoms with Gasteiger partial charge >= 0.3 is 0 Å². The smallest absolute Gasteiger partial charge is 0.123 e. The number of hydrogen-bond acceptors (Lipinski definition) is 6. The topological polar surface area (TPSA) is 99.4 Å². The standard InChI is InChI=1S/C23H29FO6/c1-2-29-15-6-4-14(5-7-15)23(9-10-23)16-11-13(3-8-17(16)24)22-21(28)20(27)19(26)18(12-25)30-22/h3-8,13,18-22,25-28H,2,9-12H2,1H3. The Hall–Kier alpha value is -1.77. The monoisotopic (exact) mass is 420 g/mol. The number of aliphatic hydroxyl groups is 4. The molecular formula is C23H29FO6. The maximum Gasteiger partial charge on any atom is 0.123 e. The van der Waals surface area contributed by atoms with Gasteiger partial charge in [-0.3, -0.25) is 0 Å². The summed E-state index contributed by atoms with van der Waals surface area (Å²) >= 11 is 0. The Morgan fingerprint density at radius 2 is 1.80 bits per heavy atom. The van der Waals surface area contributed by atoms with Crippen LogP contribution in [0.1, 0.15) is 31.7 Å². The van der Waals surface area contributed by atoms with E-state index in [1.54, 1.807) is 6.08 Å². The van der Waals surface area contributed by atoms with Crippen molar-refractivity contribution in [2.75, 3.05) is 13.2 Å². The second-order valence-corrected chi connectivity index (χ2v) is 8.39. The van der Waals surface area contributed by atoms with E-state index in [-0.39, 0.29) is 17.2 Å². The van der Waals surface area contributed by atoms with Gasteiger partial charge in [-0.15, -0.1) is 0 Å². The van der Waals surface area contributed by atoms with Gasteiger partial charge in [0.25, 0.3) is 0 Å². The van der Waals surface area contributed by atoms with Crippen molar-refractivity contribution in [1.82, 2.24) is 0 Å². The number of aliphatic hydroxyl groups excluding tert-OH is 4. The molecule has 4 N–H and O–H groups in total. The molecule has 1 saturated heterocycles. The van der Waals surface area contributed by atoms with E-state index in [1.165, 1.54) is 6.08 Å². The number of ether oxygens (including phenoxy) is 2. The third kappa shape index (κ3) is 3.69. The summed E-state index contributed by atoms with van der Waals surface area (Å²) in [5.41, 5.74) is 1.31. The highest BCUT2D eigenvalue weighted by molar-refractivity contribution is 5.48. The van der Waals surface area contributed by atoms with Crippen LogP contribution >= 0.6 is 0 Å². The minimum atomic E-state index is -1.44. The number of benzene rings is 1. The molecule has 1 aliphatic heterocycles. The number of allylic oxidation sites excluding steroid dienone is 3. The molecular weight excluding hydrogens is 391 g/mol. The minimum Gasteiger partial charge on any atom is -0.494 e. The first-order valence-electron chi connectivity index (χ1n) is 10.5. The van der Waals surface area contributed by atoms with Crippen LogP contribution in [0.25, 0.3) is 0 Å². The Bertz CT molecular complexity index is 813. The van der Waals surface area contributed by atoms with Crippen molar-refractivity contribution in [2.45, 2.75) is 62.1 Å². The van der Waals surface area contributed by atoms with E-state index in [0.717, 1.165) is 24.2 Å². The number of hydrogen-bond donors (Lipinski definition) is 4. The summed E-state index contributed by atoms with van der Waals surface area (Å²) in [5, 5.41) is 40.1. The first-order chi connectivity index (χ1) is 14.4. The molecule has 1 saturated carbocycles. The van der Waals surface area contributed by atoms with Crippen molar-refractivity contribution >= 4 is 0 Å². The van der Waals surface area contributed by atoms with Gasteiger partial charge in [0.1, 0.15) is 36.0 Å². The van der Waals surface area contributed by atoms with Gasteiger partial charge in [0.15, 0.2) is 0 Å². The molecule has 0 aromatic heterocycles. The average molecular weight is 420 g/mol. The lowest BCUT2D eigenvalue weighted by atomic mass is 9.76. The molecule has 6 unspecified atom stereocenters. The van der Waals surface area contributed by atoms with Crippen molar-refractivity contribution in [2.24, 2.45) is 5.92 Å². The fourth-order valence-electron chi connectivity index (χ4n) is 4.77. The lowest BCUT2D eigenvalue weighted by molar-refractivity contribution is -0.237. The first kappa shape index (κ1) is 21.5. The zero-order valence-electron chi connectivity index (χ0n) is 16.9. The van der Waals surface area contributed by atoms with Gasteiger partial charge in [0.05, 0.1) is 19.3 Å². The van der Waals surface area contributed by atoms with Crippen LogP contribution in [0.2, 0.25) is 0 Å². The molecule has 0 radical (unpaired) electrons. The maximum absolute atomic E-state index is 14.9. The van der Waals surface area contributed by atoms with E-state index in [2.05, 4.69) is 0 Å². The molecule has 0 amide bonds. The van der Waals surface area contributed by atoms with Crippen molar-refractivity contribution in [1.29, 1.82) is 0 Å². The molecule has 1 aromatic rings. The third-order valence-corrected chi connectivity index (χ3v) is 6.61. The van der Waals surface area contributed by atoms with Crippen LogP contribution in [-0.2, 0) is 10.2 Å². The zero-order valence-corrected chi connectivity index (χ0v) is 16.9. The van der Waals surface area contributed by atoms with Crippen LogP contribution in [0.15, 0.2) is 47.8 Å². The number of halogens is 1. The van der Waals surface area contributed by atoms with Crippen LogP contribution in [0.4, 0.5) is 4.39 Å². The molecule has 7 heteroatoms. The highest BCUT2D eigenvalue weighted by Gasteiger charge is 2.52. The molecule has 6 atom stereocenters. The van der Waals surface area contributed by atoms with Crippen molar-refractivity contribution in [3.8, 4) is 5.75 Å². The van der Waals surface area contributed by atoms with Gasteiger partial charge in [-0.05, 0) is 55.5 Å². The van der Waals surface area contributed by atoms with E-state index in [4.69, 9.17) is 9.47 Å². The molecule has 0 bridgehead atoms. The maximum atomic E-state index is 14.9. The van der Waals surface area contributed by atoms with Crippen LogP contribution in [0.3, 0.4) is 0 Å². The van der Waals surface area contributed by atoms with Crippen LogP contribution < -0.4 is 4.74 Å². The summed E-state index contributed by atoms with van der Waals surface area (Å²) in [7, 11) is 0. The van der Waals surface area contributed by atoms with Crippen LogP contribution in [0.5, 0.6) is 5.75 Å². The van der Waals surface area contributed by atoms with Gasteiger partial charge in [-0.1, -0.05) is 18.2 Å². The third-order valence-electron chi connectivity index (χ3n) is 6.61. The molecule has 2 fully saturated rings. The predicted molar refractivity (Wildman–Crippen MR) is 108 cm³/mol. The van der Waals surface area contributed by atoms with Gasteiger partial charge in [0.2, 0.25) is 0 Å². The lowest BCUT2D eigenvalue weighted by Gasteiger charge is -2.43. The number of rotatable bonds is 6. The van der Waals surface area contributed by atoms with Gasteiger partial charge in [-0.25, -0.2) is 4.39 Å². The van der Waals surface area contributed by atoms with E-state index in [1.807, 2.05) is 31.2 Å². The highest BCUT2D eigenvalue weighted by Crippen LogP contribution is 2.58. The summed E-state index contributed by atoms with van der Waals surface area (Å²) in [6.07, 6.45) is -0.956. The van der Waals surface area contributed by atoms with E-state index < -0.39 is 37.1 Å². The molecule has 30 heavy (non-hydrogen) atoms. The SMILES string of the molecule is CCOc1ccc(C2(C3=C(F)C=CC(C4OC(CO)C(O)C(O)C4O)C3)CC2)cc1. The second-order valence-electron chi connectivity index (χ2n) is 8.39. The van der Waals surface area contributed by atoms with Crippen LogP contribution in [0, 0.1) is 5.92 Å². The van der Waals surface area contributed by atoms with Gasteiger partial charge < -0.3 is 29.9 Å². The van der Waals surface area contributed by atoms with Crippen molar-refractivity contribution in [3.63, 3.8) is 0 Å². The summed E-state index contributed by atoms with van der Waals surface area (Å²) in [6, 6.07) is 7.73. The molecule has 6 nitrogen and oxygen atoms in total. The highest BCUT2D eigenvalue weighted by atomic mass is 19.1. The fraction of sp³-hybridized carbons (Fsp3) is 0.565. The minimum absolute atomic E-state index is 0.276. The largest absolute Gasteiger partial charge is 0.494 e. The predicted octanol–water partition coefficient (Wildman–Crippen LogP) is 1.76. The second kappa shape index (κ2) is 8.40. The Morgan fingerprint density at radius 1 is 1.10 bits per heavy atom. The molecule has 1 heterocycles. The molecule has 4 rings (SSSR count). The van der Waals surface area contributed by atoms with Crippen molar-refractivity contribution in [3.05, 3.63) is 53.4 Å². The summed E-state index contributed by atoms with van der Waals surface area (Å²) < 4.78 is 26.1. The molecule has 164 valence electrons. The Balaban J connectivity index is 1.56. The average Bonchev–Trinajstić information content (AvgIpc) is 3.55.